The molecule has 0 unspecified atom stereocenters. The van der Waals surface area contributed by atoms with Crippen molar-refractivity contribution < 1.29 is 8.42 Å². The molecule has 102 valence electrons. The standard InChI is InChI=1S/C11H12IN3O2S2/c1-7-4-5-9(6-10(7)12)19(16,17)15(3)11-14-13-8(2)18-11/h4-6H,1-3H3. The van der Waals surface area contributed by atoms with E-state index < -0.39 is 10.0 Å². The minimum Gasteiger partial charge on any atom is -0.243 e. The summed E-state index contributed by atoms with van der Waals surface area (Å²) in [5.41, 5.74) is 1.05. The molecular weight excluding hydrogens is 397 g/mol. The van der Waals surface area contributed by atoms with Crippen LogP contribution in [0.25, 0.3) is 0 Å². The van der Waals surface area contributed by atoms with Crippen molar-refractivity contribution in [2.75, 3.05) is 11.4 Å². The summed E-state index contributed by atoms with van der Waals surface area (Å²) in [4.78, 5) is 0.262. The van der Waals surface area contributed by atoms with E-state index in [9.17, 15) is 8.42 Å². The Labute approximate surface area is 129 Å². The molecule has 0 radical (unpaired) electrons. The molecule has 0 aliphatic carbocycles. The van der Waals surface area contributed by atoms with Crippen LogP contribution in [0, 0.1) is 17.4 Å². The van der Waals surface area contributed by atoms with Gasteiger partial charge in [-0.2, -0.15) is 0 Å². The number of halogens is 1. The van der Waals surface area contributed by atoms with Gasteiger partial charge in [0.2, 0.25) is 5.13 Å². The van der Waals surface area contributed by atoms with Gasteiger partial charge in [-0.15, -0.1) is 10.2 Å². The Morgan fingerprint density at radius 2 is 1.95 bits per heavy atom. The average Bonchev–Trinajstić information content (AvgIpc) is 2.78. The van der Waals surface area contributed by atoms with Crippen molar-refractivity contribution in [3.05, 3.63) is 32.3 Å². The summed E-state index contributed by atoms with van der Waals surface area (Å²) in [6.07, 6.45) is 0. The molecular formula is C11H12IN3O2S2. The third kappa shape index (κ3) is 2.90. The van der Waals surface area contributed by atoms with Gasteiger partial charge in [0, 0.05) is 10.6 Å². The van der Waals surface area contributed by atoms with E-state index in [0.717, 1.165) is 14.1 Å². The summed E-state index contributed by atoms with van der Waals surface area (Å²) in [6, 6.07) is 5.07. The van der Waals surface area contributed by atoms with Gasteiger partial charge >= 0.3 is 0 Å². The first-order valence-corrected chi connectivity index (χ1v) is 8.71. The van der Waals surface area contributed by atoms with E-state index in [1.807, 2.05) is 6.92 Å². The predicted octanol–water partition coefficient (Wildman–Crippen LogP) is 2.58. The van der Waals surface area contributed by atoms with Crippen LogP contribution in [0.3, 0.4) is 0 Å². The number of hydrogen-bond acceptors (Lipinski definition) is 5. The van der Waals surface area contributed by atoms with Crippen LogP contribution in [0.1, 0.15) is 10.6 Å². The van der Waals surface area contributed by atoms with Crippen molar-refractivity contribution in [3.63, 3.8) is 0 Å². The molecule has 0 aliphatic heterocycles. The molecule has 2 rings (SSSR count). The van der Waals surface area contributed by atoms with Crippen molar-refractivity contribution in [1.82, 2.24) is 10.2 Å². The highest BCUT2D eigenvalue weighted by molar-refractivity contribution is 14.1. The number of aromatic nitrogens is 2. The molecule has 2 aromatic rings. The monoisotopic (exact) mass is 409 g/mol. The second-order valence-electron chi connectivity index (χ2n) is 3.99. The molecule has 19 heavy (non-hydrogen) atoms. The maximum atomic E-state index is 12.5. The molecule has 0 saturated carbocycles. The summed E-state index contributed by atoms with van der Waals surface area (Å²) >= 11 is 3.37. The Morgan fingerprint density at radius 1 is 1.26 bits per heavy atom. The first-order chi connectivity index (χ1) is 8.82. The third-order valence-electron chi connectivity index (χ3n) is 2.59. The lowest BCUT2D eigenvalue weighted by molar-refractivity contribution is 0.594. The molecule has 0 bridgehead atoms. The highest BCUT2D eigenvalue weighted by Crippen LogP contribution is 2.26. The largest absolute Gasteiger partial charge is 0.265 e. The molecule has 1 heterocycles. The van der Waals surface area contributed by atoms with Gasteiger partial charge in [0.15, 0.2) is 0 Å². The normalized spacial score (nSPS) is 11.6. The first kappa shape index (κ1) is 14.7. The van der Waals surface area contributed by atoms with Gasteiger partial charge in [-0.25, -0.2) is 12.7 Å². The number of hydrogen-bond donors (Lipinski definition) is 0. The third-order valence-corrected chi connectivity index (χ3v) is 6.52. The zero-order valence-corrected chi connectivity index (χ0v) is 14.4. The quantitative estimate of drug-likeness (QED) is 0.732. The first-order valence-electron chi connectivity index (χ1n) is 5.37. The maximum absolute atomic E-state index is 12.5. The summed E-state index contributed by atoms with van der Waals surface area (Å²) in [6.45, 7) is 3.73. The highest BCUT2D eigenvalue weighted by Gasteiger charge is 2.24. The van der Waals surface area contributed by atoms with E-state index in [0.29, 0.717) is 5.13 Å². The number of sulfonamides is 1. The van der Waals surface area contributed by atoms with E-state index in [1.54, 1.807) is 25.1 Å². The van der Waals surface area contributed by atoms with Crippen molar-refractivity contribution in [2.24, 2.45) is 0 Å². The van der Waals surface area contributed by atoms with E-state index in [1.165, 1.54) is 22.7 Å². The van der Waals surface area contributed by atoms with Gasteiger partial charge in [-0.05, 0) is 54.1 Å². The lowest BCUT2D eigenvalue weighted by Gasteiger charge is -2.16. The van der Waals surface area contributed by atoms with Crippen LogP contribution in [0.15, 0.2) is 23.1 Å². The SMILES string of the molecule is Cc1nnc(N(C)S(=O)(=O)c2ccc(C)c(I)c2)s1. The molecule has 0 N–H and O–H groups in total. The molecule has 0 spiro atoms. The second kappa shape index (κ2) is 5.33. The zero-order valence-electron chi connectivity index (χ0n) is 10.6. The molecule has 0 atom stereocenters. The Kier molecular flexibility index (Phi) is 4.11. The second-order valence-corrected chi connectivity index (χ2v) is 8.28. The van der Waals surface area contributed by atoms with Crippen molar-refractivity contribution in [1.29, 1.82) is 0 Å². The molecule has 0 aliphatic rings. The highest BCUT2D eigenvalue weighted by atomic mass is 127. The van der Waals surface area contributed by atoms with Crippen molar-refractivity contribution in [2.45, 2.75) is 18.7 Å². The fourth-order valence-electron chi connectivity index (χ4n) is 1.41. The number of nitrogens with zero attached hydrogens (tertiary/aromatic N) is 3. The Hall–Kier alpha value is -0.740. The van der Waals surface area contributed by atoms with Crippen LogP contribution in [0.5, 0.6) is 0 Å². The molecule has 0 saturated heterocycles. The summed E-state index contributed by atoms with van der Waals surface area (Å²) in [5.74, 6) is 0. The van der Waals surface area contributed by atoms with Crippen molar-refractivity contribution >= 4 is 49.1 Å². The Morgan fingerprint density at radius 3 is 2.47 bits per heavy atom. The number of rotatable bonds is 3. The lowest BCUT2D eigenvalue weighted by atomic mass is 10.2. The molecule has 5 nitrogen and oxygen atoms in total. The van der Waals surface area contributed by atoms with E-state index >= 15 is 0 Å². The fraction of sp³-hybridized carbons (Fsp3) is 0.273. The van der Waals surface area contributed by atoms with Gasteiger partial charge in [0.25, 0.3) is 10.0 Å². The van der Waals surface area contributed by atoms with Gasteiger partial charge in [-0.3, -0.25) is 0 Å². The fourth-order valence-corrected chi connectivity index (χ4v) is 4.16. The molecule has 8 heteroatoms. The van der Waals surface area contributed by atoms with Crippen LogP contribution in [0.4, 0.5) is 5.13 Å². The zero-order chi connectivity index (χ0) is 14.2. The summed E-state index contributed by atoms with van der Waals surface area (Å²) in [5, 5.41) is 8.80. The van der Waals surface area contributed by atoms with Crippen molar-refractivity contribution in [3.8, 4) is 0 Å². The van der Waals surface area contributed by atoms with E-state index in [4.69, 9.17) is 0 Å². The lowest BCUT2D eigenvalue weighted by Crippen LogP contribution is -2.26. The van der Waals surface area contributed by atoms with E-state index in [-0.39, 0.29) is 4.90 Å². The average molecular weight is 409 g/mol. The maximum Gasteiger partial charge on any atom is 0.265 e. The summed E-state index contributed by atoms with van der Waals surface area (Å²) < 4.78 is 27.0. The van der Waals surface area contributed by atoms with Crippen LogP contribution in [0.2, 0.25) is 0 Å². The number of aryl methyl sites for hydroxylation is 2. The van der Waals surface area contributed by atoms with Gasteiger partial charge in [0.1, 0.15) is 5.01 Å². The minimum atomic E-state index is -3.58. The molecule has 0 amide bonds. The molecule has 1 aromatic heterocycles. The minimum absolute atomic E-state index is 0.262. The Bertz CT molecular complexity index is 712. The van der Waals surface area contributed by atoms with Gasteiger partial charge < -0.3 is 0 Å². The Balaban J connectivity index is 2.44. The summed E-state index contributed by atoms with van der Waals surface area (Å²) in [7, 11) is -2.09. The van der Waals surface area contributed by atoms with Crippen LogP contribution in [-0.4, -0.2) is 25.7 Å². The van der Waals surface area contributed by atoms with Crippen LogP contribution >= 0.6 is 33.9 Å². The van der Waals surface area contributed by atoms with Gasteiger partial charge in [0.05, 0.1) is 4.90 Å². The predicted molar refractivity (Wildman–Crippen MR) is 84.1 cm³/mol. The smallest absolute Gasteiger partial charge is 0.243 e. The number of anilines is 1. The molecule has 0 fully saturated rings. The number of benzene rings is 1. The van der Waals surface area contributed by atoms with Gasteiger partial charge in [-0.1, -0.05) is 17.4 Å². The van der Waals surface area contributed by atoms with Crippen LogP contribution in [-0.2, 0) is 10.0 Å². The van der Waals surface area contributed by atoms with E-state index in [2.05, 4.69) is 32.8 Å². The van der Waals surface area contributed by atoms with Crippen LogP contribution < -0.4 is 4.31 Å². The topological polar surface area (TPSA) is 63.2 Å². The molecule has 1 aromatic carbocycles.